The molecule has 1 saturated heterocycles. The molecule has 3 aromatic rings. The largest absolute Gasteiger partial charge is 0.379 e. The molecule has 3 aromatic carbocycles. The van der Waals surface area contributed by atoms with E-state index in [0.717, 1.165) is 57.2 Å². The van der Waals surface area contributed by atoms with Crippen LogP contribution in [0.15, 0.2) is 97.4 Å². The summed E-state index contributed by atoms with van der Waals surface area (Å²) in [5.74, 6) is 1.35. The maximum Gasteiger partial charge on any atom is 0.0961 e. The molecule has 2 unspecified atom stereocenters. The molecule has 4 heteroatoms. The third kappa shape index (κ3) is 5.98. The highest BCUT2D eigenvalue weighted by Crippen LogP contribution is 2.51. The van der Waals surface area contributed by atoms with Crippen LogP contribution < -0.4 is 10.6 Å². The van der Waals surface area contributed by atoms with Crippen molar-refractivity contribution < 1.29 is 4.74 Å². The lowest BCUT2D eigenvalue weighted by molar-refractivity contribution is 0.0387. The zero-order valence-corrected chi connectivity index (χ0v) is 22.2. The van der Waals surface area contributed by atoms with Crippen LogP contribution in [0.2, 0.25) is 0 Å². The summed E-state index contributed by atoms with van der Waals surface area (Å²) in [4.78, 5) is 2.48. The van der Waals surface area contributed by atoms with Gasteiger partial charge in [0.1, 0.15) is 0 Å². The van der Waals surface area contributed by atoms with Gasteiger partial charge in [-0.1, -0.05) is 85.5 Å². The summed E-state index contributed by atoms with van der Waals surface area (Å²) < 4.78 is 5.46. The normalized spacial score (nSPS) is 22.3. The Hall–Kier alpha value is -3.34. The first-order chi connectivity index (χ1) is 18.1. The van der Waals surface area contributed by atoms with Crippen LogP contribution in [0.1, 0.15) is 43.7 Å². The third-order valence-corrected chi connectivity index (χ3v) is 7.72. The maximum absolute atomic E-state index is 5.46. The quantitative estimate of drug-likeness (QED) is 0.300. The first-order valence-corrected chi connectivity index (χ1v) is 13.5. The Morgan fingerprint density at radius 2 is 1.76 bits per heavy atom. The van der Waals surface area contributed by atoms with Crippen LogP contribution in [0.3, 0.4) is 0 Å². The van der Waals surface area contributed by atoms with Crippen molar-refractivity contribution in [2.24, 2.45) is 0 Å². The fourth-order valence-corrected chi connectivity index (χ4v) is 5.51. The number of nitrogens with one attached hydrogen (secondary N) is 2. The van der Waals surface area contributed by atoms with Crippen molar-refractivity contribution >= 4 is 22.0 Å². The van der Waals surface area contributed by atoms with Crippen LogP contribution in [0.4, 0.5) is 5.69 Å². The van der Waals surface area contributed by atoms with E-state index in [2.05, 4.69) is 121 Å². The molecule has 2 N–H and O–H groups in total. The van der Waals surface area contributed by atoms with E-state index in [1.165, 1.54) is 27.5 Å². The molecule has 37 heavy (non-hydrogen) atoms. The molecule has 4 nitrogen and oxygen atoms in total. The number of benzene rings is 3. The Morgan fingerprint density at radius 3 is 2.51 bits per heavy atom. The van der Waals surface area contributed by atoms with Crippen molar-refractivity contribution in [3.05, 3.63) is 108 Å². The minimum absolute atomic E-state index is 0.0331. The van der Waals surface area contributed by atoms with E-state index in [9.17, 15) is 0 Å². The van der Waals surface area contributed by atoms with Gasteiger partial charge in [0.05, 0.1) is 19.0 Å². The molecule has 192 valence electrons. The van der Waals surface area contributed by atoms with Crippen molar-refractivity contribution in [3.63, 3.8) is 0 Å². The van der Waals surface area contributed by atoms with Crippen molar-refractivity contribution in [2.75, 3.05) is 38.2 Å². The lowest BCUT2D eigenvalue weighted by atomic mass is 9.96. The van der Waals surface area contributed by atoms with Gasteiger partial charge in [0.15, 0.2) is 0 Å². The number of morpholine rings is 1. The molecule has 0 bridgehead atoms. The Balaban J connectivity index is 1.27. The molecule has 1 aliphatic heterocycles. The SMILES string of the molecule is C=C(Nc1ccc(C(/C=C\CCN2CCOCC2)=C/C)c2ccccc12)NC1(C)CC1c1ccccc1. The summed E-state index contributed by atoms with van der Waals surface area (Å²) in [6.07, 6.45) is 8.94. The maximum atomic E-state index is 5.46. The molecule has 1 heterocycles. The highest BCUT2D eigenvalue weighted by atomic mass is 16.5. The fourth-order valence-electron chi connectivity index (χ4n) is 5.51. The molecule has 0 aromatic heterocycles. The summed E-state index contributed by atoms with van der Waals surface area (Å²) in [6, 6.07) is 23.8. The average Bonchev–Trinajstić information content (AvgIpc) is 3.60. The second-order valence-electron chi connectivity index (χ2n) is 10.4. The van der Waals surface area contributed by atoms with E-state index >= 15 is 0 Å². The topological polar surface area (TPSA) is 36.5 Å². The molecule has 0 spiro atoms. The van der Waals surface area contributed by atoms with Crippen LogP contribution in [0.5, 0.6) is 0 Å². The number of fused-ring (bicyclic) bond motifs is 1. The number of anilines is 1. The number of ether oxygens (including phenoxy) is 1. The minimum Gasteiger partial charge on any atom is -0.379 e. The zero-order valence-electron chi connectivity index (χ0n) is 22.2. The van der Waals surface area contributed by atoms with Gasteiger partial charge in [-0.15, -0.1) is 0 Å². The van der Waals surface area contributed by atoms with Crippen molar-refractivity contribution in [2.45, 2.75) is 38.1 Å². The second-order valence-corrected chi connectivity index (χ2v) is 10.4. The van der Waals surface area contributed by atoms with Gasteiger partial charge >= 0.3 is 0 Å². The second kappa shape index (κ2) is 11.4. The van der Waals surface area contributed by atoms with E-state index in [0.29, 0.717) is 5.92 Å². The monoisotopic (exact) mass is 493 g/mol. The average molecular weight is 494 g/mol. The molecular formula is C33H39N3O. The fraction of sp³-hybridized carbons (Fsp3) is 0.333. The summed E-state index contributed by atoms with van der Waals surface area (Å²) in [7, 11) is 0. The van der Waals surface area contributed by atoms with Gasteiger partial charge in [0.2, 0.25) is 0 Å². The molecule has 0 radical (unpaired) electrons. The summed E-state index contributed by atoms with van der Waals surface area (Å²) in [5, 5.41) is 9.67. The van der Waals surface area contributed by atoms with Gasteiger partial charge in [-0.3, -0.25) is 4.90 Å². The van der Waals surface area contributed by atoms with E-state index in [1.54, 1.807) is 0 Å². The molecule has 2 atom stereocenters. The molecule has 2 aliphatic rings. The number of nitrogens with zero attached hydrogens (tertiary/aromatic N) is 1. The Bertz CT molecular complexity index is 1290. The predicted molar refractivity (Wildman–Crippen MR) is 157 cm³/mol. The first kappa shape index (κ1) is 25.3. The van der Waals surface area contributed by atoms with Crippen molar-refractivity contribution in [1.82, 2.24) is 10.2 Å². The van der Waals surface area contributed by atoms with Crippen LogP contribution >= 0.6 is 0 Å². The van der Waals surface area contributed by atoms with Crippen LogP contribution in [0, 0.1) is 0 Å². The van der Waals surface area contributed by atoms with Gasteiger partial charge in [-0.2, -0.15) is 0 Å². The van der Waals surface area contributed by atoms with Crippen LogP contribution in [-0.4, -0.2) is 43.3 Å². The summed E-state index contributed by atoms with van der Waals surface area (Å²) >= 11 is 0. The smallest absolute Gasteiger partial charge is 0.0961 e. The summed E-state index contributed by atoms with van der Waals surface area (Å²) in [6.45, 7) is 13.6. The highest BCUT2D eigenvalue weighted by molar-refractivity contribution is 6.02. The van der Waals surface area contributed by atoms with Gasteiger partial charge in [-0.25, -0.2) is 0 Å². The number of hydrogen-bond donors (Lipinski definition) is 2. The number of hydrogen-bond acceptors (Lipinski definition) is 4. The van der Waals surface area contributed by atoms with E-state index in [-0.39, 0.29) is 5.54 Å². The van der Waals surface area contributed by atoms with Crippen molar-refractivity contribution in [1.29, 1.82) is 0 Å². The molecular weight excluding hydrogens is 454 g/mol. The van der Waals surface area contributed by atoms with Crippen LogP contribution in [-0.2, 0) is 4.74 Å². The highest BCUT2D eigenvalue weighted by Gasteiger charge is 2.51. The van der Waals surface area contributed by atoms with Crippen molar-refractivity contribution in [3.8, 4) is 0 Å². The van der Waals surface area contributed by atoms with Gasteiger partial charge < -0.3 is 15.4 Å². The van der Waals surface area contributed by atoms with Gasteiger partial charge in [-0.05, 0) is 54.8 Å². The lowest BCUT2D eigenvalue weighted by Crippen LogP contribution is -2.36. The molecule has 0 amide bonds. The molecule has 5 rings (SSSR count). The Labute approximate surface area is 221 Å². The van der Waals surface area contributed by atoms with Crippen LogP contribution in [0.25, 0.3) is 16.3 Å². The Morgan fingerprint density at radius 1 is 1.03 bits per heavy atom. The minimum atomic E-state index is 0.0331. The lowest BCUT2D eigenvalue weighted by Gasteiger charge is -2.25. The third-order valence-electron chi connectivity index (χ3n) is 7.72. The Kier molecular flexibility index (Phi) is 7.78. The number of rotatable bonds is 10. The van der Waals surface area contributed by atoms with E-state index < -0.39 is 0 Å². The van der Waals surface area contributed by atoms with Gasteiger partial charge in [0.25, 0.3) is 0 Å². The van der Waals surface area contributed by atoms with E-state index in [1.807, 2.05) is 0 Å². The first-order valence-electron chi connectivity index (χ1n) is 13.5. The molecule has 1 saturated carbocycles. The van der Waals surface area contributed by atoms with E-state index in [4.69, 9.17) is 4.74 Å². The number of allylic oxidation sites excluding steroid dienone is 3. The molecule has 1 aliphatic carbocycles. The predicted octanol–water partition coefficient (Wildman–Crippen LogP) is 6.94. The standard InChI is InChI=1S/C33H39N3O/c1-4-26(12-10-11-19-36-20-22-37-23-21-36)28-17-18-32(30-16-9-8-15-29(28)30)34-25(2)35-33(3)24-31(33)27-13-6-5-7-14-27/h4-10,12-18,31,34-35H,2,11,19-24H2,1,3H3/b12-10-,26-4+. The zero-order chi connectivity index (χ0) is 25.7. The van der Waals surface area contributed by atoms with Gasteiger partial charge in [0, 0.05) is 42.2 Å². The molecule has 2 fully saturated rings. The summed E-state index contributed by atoms with van der Waals surface area (Å²) in [5.41, 5.74) is 4.99.